The van der Waals surface area contributed by atoms with E-state index in [1.54, 1.807) is 0 Å². The second-order valence-electron chi connectivity index (χ2n) is 8.07. The molecule has 5 unspecified atom stereocenters. The third kappa shape index (κ3) is 2.54. The zero-order chi connectivity index (χ0) is 16.2. The molecule has 5 fully saturated rings. The van der Waals surface area contributed by atoms with E-state index in [2.05, 4.69) is 0 Å². The van der Waals surface area contributed by atoms with E-state index < -0.39 is 36.2 Å². The Morgan fingerprint density at radius 1 is 0.708 bits per heavy atom. The van der Waals surface area contributed by atoms with E-state index in [1.807, 2.05) is 0 Å². The van der Waals surface area contributed by atoms with Crippen molar-refractivity contribution in [2.45, 2.75) is 106 Å². The number of aliphatic hydroxyl groups is 1. The summed E-state index contributed by atoms with van der Waals surface area (Å²) in [6, 6.07) is 0. The molecule has 3 aliphatic heterocycles. The smallest absolute Gasteiger partial charge is 0.190 e. The van der Waals surface area contributed by atoms with Gasteiger partial charge in [-0.3, -0.25) is 0 Å². The topological polar surface area (TPSA) is 66.4 Å². The summed E-state index contributed by atoms with van der Waals surface area (Å²) in [5, 5.41) is 10.8. The van der Waals surface area contributed by atoms with E-state index in [9.17, 15) is 5.11 Å². The molecule has 24 heavy (non-hydrogen) atoms. The Bertz CT molecular complexity index is 470. The van der Waals surface area contributed by atoms with Crippen molar-refractivity contribution in [3.8, 4) is 0 Å². The third-order valence-corrected chi connectivity index (χ3v) is 6.39. The first-order valence-electron chi connectivity index (χ1n) is 9.70. The summed E-state index contributed by atoms with van der Waals surface area (Å²) in [5.74, 6) is -0.979. The molecule has 5 aliphatic rings. The van der Waals surface area contributed by atoms with Crippen LogP contribution in [-0.4, -0.2) is 54.0 Å². The first kappa shape index (κ1) is 16.0. The van der Waals surface area contributed by atoms with Gasteiger partial charge in [0.2, 0.25) is 0 Å². The van der Waals surface area contributed by atoms with Crippen LogP contribution in [0.15, 0.2) is 0 Å². The fraction of sp³-hybridized carbons (Fsp3) is 1.00. The fourth-order valence-electron chi connectivity index (χ4n) is 5.09. The van der Waals surface area contributed by atoms with Gasteiger partial charge in [0.15, 0.2) is 17.9 Å². The summed E-state index contributed by atoms with van der Waals surface area (Å²) in [6.45, 7) is 0.478. The van der Waals surface area contributed by atoms with E-state index >= 15 is 0 Å². The van der Waals surface area contributed by atoms with Crippen molar-refractivity contribution >= 4 is 0 Å². The van der Waals surface area contributed by atoms with Gasteiger partial charge in [0.25, 0.3) is 0 Å². The van der Waals surface area contributed by atoms with Crippen molar-refractivity contribution in [1.29, 1.82) is 0 Å². The van der Waals surface area contributed by atoms with Gasteiger partial charge in [0.05, 0.1) is 6.61 Å². The summed E-state index contributed by atoms with van der Waals surface area (Å²) in [4.78, 5) is 0. The molecule has 3 heterocycles. The van der Waals surface area contributed by atoms with Crippen molar-refractivity contribution in [3.05, 3.63) is 0 Å². The van der Waals surface area contributed by atoms with Gasteiger partial charge >= 0.3 is 0 Å². The lowest BCUT2D eigenvalue weighted by atomic mass is 9.94. The van der Waals surface area contributed by atoms with Crippen LogP contribution in [0.5, 0.6) is 0 Å². The number of aliphatic hydroxyl groups excluding tert-OH is 1. The lowest BCUT2D eigenvalue weighted by molar-refractivity contribution is -0.259. The molecule has 0 amide bonds. The molecular weight excluding hydrogens is 312 g/mol. The van der Waals surface area contributed by atoms with Crippen molar-refractivity contribution in [3.63, 3.8) is 0 Å². The van der Waals surface area contributed by atoms with E-state index in [-0.39, 0.29) is 6.10 Å². The number of rotatable bonds is 1. The van der Waals surface area contributed by atoms with E-state index in [4.69, 9.17) is 23.7 Å². The van der Waals surface area contributed by atoms with Crippen LogP contribution >= 0.6 is 0 Å². The zero-order valence-electron chi connectivity index (χ0n) is 14.2. The van der Waals surface area contributed by atoms with Gasteiger partial charge in [-0.25, -0.2) is 0 Å². The fourth-order valence-corrected chi connectivity index (χ4v) is 5.09. The van der Waals surface area contributed by atoms with Gasteiger partial charge in [0, 0.05) is 25.7 Å². The van der Waals surface area contributed by atoms with E-state index in [1.165, 1.54) is 12.8 Å². The van der Waals surface area contributed by atoms with Crippen LogP contribution in [0.2, 0.25) is 0 Å². The molecule has 1 N–H and O–H groups in total. The zero-order valence-corrected chi connectivity index (χ0v) is 14.2. The minimum absolute atomic E-state index is 0.238. The van der Waals surface area contributed by atoms with Crippen LogP contribution in [0.3, 0.4) is 0 Å². The van der Waals surface area contributed by atoms with Crippen molar-refractivity contribution < 1.29 is 28.8 Å². The largest absolute Gasteiger partial charge is 0.387 e. The van der Waals surface area contributed by atoms with E-state index in [0.29, 0.717) is 6.61 Å². The molecule has 6 nitrogen and oxygen atoms in total. The maximum absolute atomic E-state index is 10.8. The molecule has 6 heteroatoms. The van der Waals surface area contributed by atoms with Crippen LogP contribution in [0, 0.1) is 0 Å². The molecule has 5 atom stereocenters. The molecule has 0 radical (unpaired) electrons. The highest BCUT2D eigenvalue weighted by Gasteiger charge is 2.60. The maximum Gasteiger partial charge on any atom is 0.190 e. The molecule has 2 aliphatic carbocycles. The number of hydrogen-bond donors (Lipinski definition) is 1. The normalized spacial score (nSPS) is 46.6. The predicted octanol–water partition coefficient (Wildman–Crippen LogP) is 2.22. The highest BCUT2D eigenvalue weighted by molar-refractivity contribution is 5.00. The average Bonchev–Trinajstić information content (AvgIpc) is 3.23. The number of fused-ring (bicyclic) bond motifs is 1. The first-order valence-corrected chi connectivity index (χ1v) is 9.70. The van der Waals surface area contributed by atoms with Crippen LogP contribution in [0.25, 0.3) is 0 Å². The molecule has 2 saturated carbocycles. The van der Waals surface area contributed by atoms with Crippen LogP contribution < -0.4 is 0 Å². The Kier molecular flexibility index (Phi) is 3.92. The Labute approximate surface area is 142 Å². The van der Waals surface area contributed by atoms with Gasteiger partial charge in [-0.05, 0) is 25.7 Å². The second kappa shape index (κ2) is 5.89. The average molecular weight is 340 g/mol. The van der Waals surface area contributed by atoms with Gasteiger partial charge < -0.3 is 28.8 Å². The summed E-state index contributed by atoms with van der Waals surface area (Å²) >= 11 is 0. The van der Waals surface area contributed by atoms with Gasteiger partial charge in [-0.2, -0.15) is 0 Å². The Morgan fingerprint density at radius 2 is 1.38 bits per heavy atom. The van der Waals surface area contributed by atoms with Gasteiger partial charge in [-0.1, -0.05) is 12.8 Å². The highest BCUT2D eigenvalue weighted by Crippen LogP contribution is 2.47. The minimum Gasteiger partial charge on any atom is -0.387 e. The van der Waals surface area contributed by atoms with Crippen molar-refractivity contribution in [1.82, 2.24) is 0 Å². The SMILES string of the molecule is OC1C(C2COC3(CCCCC3)O2)OC2OC3(CCCCC3)OC21. The number of ether oxygens (including phenoxy) is 5. The number of hydrogen-bond acceptors (Lipinski definition) is 6. The quantitative estimate of drug-likeness (QED) is 0.789. The highest BCUT2D eigenvalue weighted by atomic mass is 16.8. The Balaban J connectivity index is 1.24. The second-order valence-corrected chi connectivity index (χ2v) is 8.07. The van der Waals surface area contributed by atoms with Crippen molar-refractivity contribution in [2.24, 2.45) is 0 Å². The summed E-state index contributed by atoms with van der Waals surface area (Å²) in [7, 11) is 0. The summed E-state index contributed by atoms with van der Waals surface area (Å²) in [5.41, 5.74) is 0. The molecule has 0 aromatic heterocycles. The summed E-state index contributed by atoms with van der Waals surface area (Å²) < 4.78 is 30.5. The lowest BCUT2D eigenvalue weighted by Crippen LogP contribution is -2.44. The molecule has 3 saturated heterocycles. The summed E-state index contributed by atoms with van der Waals surface area (Å²) in [6.07, 6.45) is 8.38. The van der Waals surface area contributed by atoms with Crippen LogP contribution in [-0.2, 0) is 23.7 Å². The standard InChI is InChI=1S/C18H28O6/c19-13-14(12-11-20-17(22-12)7-3-1-4-8-17)21-16-15(13)23-18(24-16)9-5-2-6-10-18/h12-16,19H,1-11H2. The molecule has 0 aromatic carbocycles. The van der Waals surface area contributed by atoms with Gasteiger partial charge in [0.1, 0.15) is 24.4 Å². The lowest BCUT2D eigenvalue weighted by Gasteiger charge is -2.34. The minimum atomic E-state index is -0.719. The molecule has 0 aromatic rings. The van der Waals surface area contributed by atoms with Crippen LogP contribution in [0.1, 0.15) is 64.2 Å². The van der Waals surface area contributed by atoms with Crippen LogP contribution in [0.4, 0.5) is 0 Å². The molecule has 2 spiro atoms. The monoisotopic (exact) mass is 340 g/mol. The molecule has 5 rings (SSSR count). The first-order chi connectivity index (χ1) is 11.7. The van der Waals surface area contributed by atoms with Crippen molar-refractivity contribution in [2.75, 3.05) is 6.61 Å². The Hall–Kier alpha value is -0.240. The molecule has 0 bridgehead atoms. The molecular formula is C18H28O6. The maximum atomic E-state index is 10.8. The van der Waals surface area contributed by atoms with Gasteiger partial charge in [-0.15, -0.1) is 0 Å². The molecule has 136 valence electrons. The Morgan fingerprint density at radius 3 is 2.04 bits per heavy atom. The third-order valence-electron chi connectivity index (χ3n) is 6.39. The predicted molar refractivity (Wildman–Crippen MR) is 83.1 cm³/mol. The van der Waals surface area contributed by atoms with E-state index in [0.717, 1.165) is 51.4 Å².